The number of oxime groups is 1. The van der Waals surface area contributed by atoms with Gasteiger partial charge in [-0.25, -0.2) is 0 Å². The van der Waals surface area contributed by atoms with Crippen molar-refractivity contribution >= 4 is 27.6 Å². The van der Waals surface area contributed by atoms with Gasteiger partial charge in [-0.05, 0) is 20.8 Å². The smallest absolute Gasteiger partial charge is 0.319 e. The number of carbonyl (C=O) groups is 1. The number of nitrogens with zero attached hydrogens (tertiary/aromatic N) is 1. The Labute approximate surface area is 86.4 Å². The zero-order chi connectivity index (χ0) is 10.3. The molecule has 0 spiro atoms. The maximum Gasteiger partial charge on any atom is 0.319 e. The molecule has 0 bridgehead atoms. The van der Waals surface area contributed by atoms with Gasteiger partial charge in [-0.15, -0.1) is 0 Å². The molecule has 0 saturated heterocycles. The Balaban J connectivity index is 3.36. The predicted octanol–water partition coefficient (Wildman–Crippen LogP) is 1.73. The largest absolute Gasteiger partial charge is 0.461 e. The van der Waals surface area contributed by atoms with Crippen molar-refractivity contribution < 1.29 is 14.4 Å². The number of hydrogen-bond donors (Lipinski definition) is 0. The summed E-state index contributed by atoms with van der Waals surface area (Å²) in [5, 5.41) is 3.68. The number of ether oxygens (including phenoxy) is 1. The summed E-state index contributed by atoms with van der Waals surface area (Å²) in [7, 11) is 0. The van der Waals surface area contributed by atoms with Crippen LogP contribution in [0.25, 0.3) is 0 Å². The van der Waals surface area contributed by atoms with Gasteiger partial charge in [-0.1, -0.05) is 21.1 Å². The molecule has 0 aromatic heterocycles. The number of alkyl halides is 1. The van der Waals surface area contributed by atoms with Crippen LogP contribution < -0.4 is 0 Å². The summed E-state index contributed by atoms with van der Waals surface area (Å²) in [5.74, 6) is -0.291. The van der Waals surface area contributed by atoms with Crippen molar-refractivity contribution in [2.75, 3.05) is 13.2 Å². The molecule has 1 atom stereocenters. The molecule has 0 aliphatic heterocycles. The molecule has 0 rings (SSSR count). The van der Waals surface area contributed by atoms with Gasteiger partial charge >= 0.3 is 5.97 Å². The highest BCUT2D eigenvalue weighted by molar-refractivity contribution is 9.10. The second kappa shape index (κ2) is 6.88. The van der Waals surface area contributed by atoms with Crippen molar-refractivity contribution in [2.45, 2.75) is 25.6 Å². The van der Waals surface area contributed by atoms with Gasteiger partial charge in [0, 0.05) is 0 Å². The van der Waals surface area contributed by atoms with Gasteiger partial charge < -0.3 is 9.57 Å². The van der Waals surface area contributed by atoms with Crippen molar-refractivity contribution in [3.8, 4) is 0 Å². The molecule has 0 amide bonds. The van der Waals surface area contributed by atoms with Gasteiger partial charge in [0.2, 0.25) is 0 Å². The Kier molecular flexibility index (Phi) is 6.58. The molecule has 76 valence electrons. The molecule has 0 aliphatic rings. The van der Waals surface area contributed by atoms with Crippen LogP contribution in [0.4, 0.5) is 0 Å². The van der Waals surface area contributed by atoms with E-state index >= 15 is 0 Å². The number of halogens is 1. The van der Waals surface area contributed by atoms with Crippen molar-refractivity contribution in [3.05, 3.63) is 0 Å². The van der Waals surface area contributed by atoms with Gasteiger partial charge in [0.1, 0.15) is 11.4 Å². The van der Waals surface area contributed by atoms with E-state index in [2.05, 4.69) is 21.1 Å². The summed E-state index contributed by atoms with van der Waals surface area (Å²) in [4.78, 5) is 15.4. The molecule has 13 heavy (non-hydrogen) atoms. The Morgan fingerprint density at radius 2 is 2.08 bits per heavy atom. The van der Waals surface area contributed by atoms with E-state index in [1.165, 1.54) is 0 Å². The standard InChI is InChI=1S/C8H14BrNO3/c1-6(2)10-13-5-4-12-8(11)7(3)9/h7H,4-5H2,1-3H3. The molecule has 0 radical (unpaired) electrons. The fourth-order valence-electron chi connectivity index (χ4n) is 0.469. The van der Waals surface area contributed by atoms with E-state index in [1.807, 2.05) is 13.8 Å². The zero-order valence-electron chi connectivity index (χ0n) is 8.04. The van der Waals surface area contributed by atoms with Crippen LogP contribution >= 0.6 is 15.9 Å². The quantitative estimate of drug-likeness (QED) is 0.246. The fourth-order valence-corrected chi connectivity index (χ4v) is 0.601. The average Bonchev–Trinajstić information content (AvgIpc) is 2.02. The molecule has 0 heterocycles. The predicted molar refractivity (Wildman–Crippen MR) is 54.1 cm³/mol. The Hall–Kier alpha value is -0.580. The second-order valence-electron chi connectivity index (χ2n) is 2.66. The fraction of sp³-hybridized carbons (Fsp3) is 0.750. The first-order valence-electron chi connectivity index (χ1n) is 3.98. The summed E-state index contributed by atoms with van der Waals surface area (Å²) < 4.78 is 4.81. The highest BCUT2D eigenvalue weighted by atomic mass is 79.9. The minimum atomic E-state index is -0.291. The van der Waals surface area contributed by atoms with Crippen LogP contribution in [-0.2, 0) is 14.4 Å². The molecule has 1 unspecified atom stereocenters. The van der Waals surface area contributed by atoms with Crippen molar-refractivity contribution in [2.24, 2.45) is 5.16 Å². The highest BCUT2D eigenvalue weighted by Crippen LogP contribution is 1.99. The average molecular weight is 252 g/mol. The van der Waals surface area contributed by atoms with E-state index in [4.69, 9.17) is 9.57 Å². The molecule has 0 saturated carbocycles. The first kappa shape index (κ1) is 12.4. The van der Waals surface area contributed by atoms with Gasteiger partial charge in [0.05, 0.1) is 5.71 Å². The Morgan fingerprint density at radius 1 is 1.46 bits per heavy atom. The summed E-state index contributed by atoms with van der Waals surface area (Å²) in [6.07, 6.45) is 0. The summed E-state index contributed by atoms with van der Waals surface area (Å²) in [6, 6.07) is 0. The van der Waals surface area contributed by atoms with Gasteiger partial charge in [-0.2, -0.15) is 0 Å². The first-order chi connectivity index (χ1) is 6.04. The molecule has 0 aromatic carbocycles. The molecule has 0 aromatic rings. The monoisotopic (exact) mass is 251 g/mol. The minimum Gasteiger partial charge on any atom is -0.461 e. The lowest BCUT2D eigenvalue weighted by Crippen LogP contribution is -2.16. The SMILES string of the molecule is CC(C)=NOCCOC(=O)C(C)Br. The molecule has 4 nitrogen and oxygen atoms in total. The third-order valence-corrected chi connectivity index (χ3v) is 1.36. The van der Waals surface area contributed by atoms with Gasteiger partial charge in [-0.3, -0.25) is 4.79 Å². The van der Waals surface area contributed by atoms with E-state index in [0.717, 1.165) is 5.71 Å². The van der Waals surface area contributed by atoms with Crippen LogP contribution in [0.5, 0.6) is 0 Å². The maximum absolute atomic E-state index is 10.9. The third kappa shape index (κ3) is 7.77. The van der Waals surface area contributed by atoms with Crippen molar-refractivity contribution in [1.29, 1.82) is 0 Å². The van der Waals surface area contributed by atoms with Crippen molar-refractivity contribution in [1.82, 2.24) is 0 Å². The van der Waals surface area contributed by atoms with Crippen LogP contribution in [0.1, 0.15) is 20.8 Å². The van der Waals surface area contributed by atoms with E-state index in [9.17, 15) is 4.79 Å². The van der Waals surface area contributed by atoms with Crippen LogP contribution in [0.15, 0.2) is 5.16 Å². The molecular weight excluding hydrogens is 238 g/mol. The lowest BCUT2D eigenvalue weighted by Gasteiger charge is -2.04. The molecule has 0 aliphatic carbocycles. The van der Waals surface area contributed by atoms with E-state index < -0.39 is 0 Å². The lowest BCUT2D eigenvalue weighted by atomic mass is 10.5. The molecule has 0 N–H and O–H groups in total. The van der Waals surface area contributed by atoms with Crippen molar-refractivity contribution in [3.63, 3.8) is 0 Å². The summed E-state index contributed by atoms with van der Waals surface area (Å²) >= 11 is 3.09. The van der Waals surface area contributed by atoms with Gasteiger partial charge in [0.15, 0.2) is 6.61 Å². The molecule has 5 heteroatoms. The first-order valence-corrected chi connectivity index (χ1v) is 4.89. The molecule has 0 fully saturated rings. The number of carbonyl (C=O) groups excluding carboxylic acids is 1. The summed E-state index contributed by atoms with van der Waals surface area (Å²) in [6.45, 7) is 5.87. The van der Waals surface area contributed by atoms with E-state index in [0.29, 0.717) is 0 Å². The van der Waals surface area contributed by atoms with E-state index in [1.54, 1.807) is 6.92 Å². The minimum absolute atomic E-state index is 0.228. The molecular formula is C8H14BrNO3. The van der Waals surface area contributed by atoms with Crippen LogP contribution in [0, 0.1) is 0 Å². The van der Waals surface area contributed by atoms with E-state index in [-0.39, 0.29) is 24.0 Å². The second-order valence-corrected chi connectivity index (χ2v) is 4.03. The normalized spacial score (nSPS) is 11.7. The van der Waals surface area contributed by atoms with Gasteiger partial charge in [0.25, 0.3) is 0 Å². The zero-order valence-corrected chi connectivity index (χ0v) is 9.63. The number of hydrogen-bond acceptors (Lipinski definition) is 4. The van der Waals surface area contributed by atoms with Crippen LogP contribution in [0.3, 0.4) is 0 Å². The highest BCUT2D eigenvalue weighted by Gasteiger charge is 2.08. The maximum atomic E-state index is 10.9. The Morgan fingerprint density at radius 3 is 2.54 bits per heavy atom. The third-order valence-electron chi connectivity index (χ3n) is 0.991. The number of rotatable bonds is 5. The van der Waals surface area contributed by atoms with Crippen LogP contribution in [0.2, 0.25) is 0 Å². The van der Waals surface area contributed by atoms with Crippen LogP contribution in [-0.4, -0.2) is 29.7 Å². The summed E-state index contributed by atoms with van der Waals surface area (Å²) in [5.41, 5.74) is 0.834. The lowest BCUT2D eigenvalue weighted by molar-refractivity contribution is -0.144. The number of esters is 1. The topological polar surface area (TPSA) is 47.9 Å². The Bertz CT molecular complexity index is 188.